The van der Waals surface area contributed by atoms with E-state index in [1.807, 2.05) is 4.90 Å². The molecule has 3 aliphatic rings. The number of ether oxygens (including phenoxy) is 1. The van der Waals surface area contributed by atoms with Crippen LogP contribution in [0, 0.1) is 11.7 Å². The molecule has 1 aliphatic carbocycles. The van der Waals surface area contributed by atoms with Gasteiger partial charge < -0.3 is 24.6 Å². The van der Waals surface area contributed by atoms with Crippen LogP contribution in [0.3, 0.4) is 0 Å². The lowest BCUT2D eigenvalue weighted by atomic mass is 9.94. The fourth-order valence-corrected chi connectivity index (χ4v) is 4.95. The Balaban J connectivity index is 1.73. The Morgan fingerprint density at radius 2 is 2.10 bits per heavy atom. The Kier molecular flexibility index (Phi) is 4.27. The van der Waals surface area contributed by atoms with Crippen LogP contribution in [0.5, 0.6) is 5.75 Å². The van der Waals surface area contributed by atoms with Crippen molar-refractivity contribution in [2.24, 2.45) is 5.92 Å². The van der Waals surface area contributed by atoms with Gasteiger partial charge in [-0.25, -0.2) is 9.18 Å². The van der Waals surface area contributed by atoms with Crippen LogP contribution in [0.25, 0.3) is 10.9 Å². The maximum absolute atomic E-state index is 15.3. The second-order valence-corrected chi connectivity index (χ2v) is 8.32. The lowest BCUT2D eigenvalue weighted by molar-refractivity contribution is 0.0695. The summed E-state index contributed by atoms with van der Waals surface area (Å²) in [6.07, 6.45) is 5.40. The number of nitrogens with zero attached hydrogens (tertiary/aromatic N) is 2. The average molecular weight is 401 g/mol. The summed E-state index contributed by atoms with van der Waals surface area (Å²) in [6.45, 7) is 2.40. The van der Waals surface area contributed by atoms with Crippen LogP contribution >= 0.6 is 0 Å². The third kappa shape index (κ3) is 2.88. The van der Waals surface area contributed by atoms with Gasteiger partial charge in [-0.3, -0.25) is 4.79 Å². The highest BCUT2D eigenvalue weighted by molar-refractivity contribution is 5.97. The number of hydrogen-bond acceptors (Lipinski definition) is 5. The Bertz CT molecular complexity index is 1050. The Morgan fingerprint density at radius 3 is 2.76 bits per heavy atom. The minimum absolute atomic E-state index is 0.0599. The van der Waals surface area contributed by atoms with E-state index in [-0.39, 0.29) is 17.0 Å². The van der Waals surface area contributed by atoms with E-state index in [9.17, 15) is 14.7 Å². The third-order valence-corrected chi connectivity index (χ3v) is 6.49. The van der Waals surface area contributed by atoms with E-state index < -0.39 is 17.2 Å². The molecule has 7 nitrogen and oxygen atoms in total. The molecule has 154 valence electrons. The number of methoxy groups -OCH3 is 1. The molecule has 0 amide bonds. The Hall–Kier alpha value is -2.61. The van der Waals surface area contributed by atoms with E-state index in [0.717, 1.165) is 38.8 Å². The number of anilines is 1. The summed E-state index contributed by atoms with van der Waals surface area (Å²) in [6, 6.07) is 1.62. The van der Waals surface area contributed by atoms with Gasteiger partial charge in [0.05, 0.1) is 18.0 Å². The van der Waals surface area contributed by atoms with Gasteiger partial charge in [0.1, 0.15) is 11.3 Å². The van der Waals surface area contributed by atoms with Gasteiger partial charge in [0.2, 0.25) is 5.43 Å². The standard InChI is InChI=1S/C21H24FN3O4/c1-29-20-17-13(19(26)14(21(27)28)9-25(17)12-4-5-12)7-15(22)18(20)24-8-11-3-2-6-23-16(11)10-24/h7,9,11-12,16,23H,2-6,8,10H2,1H3,(H,27,28)/t11-,16?/m0/s1. The highest BCUT2D eigenvalue weighted by Crippen LogP contribution is 2.45. The molecule has 2 aliphatic heterocycles. The lowest BCUT2D eigenvalue weighted by Gasteiger charge is -2.25. The quantitative estimate of drug-likeness (QED) is 0.819. The summed E-state index contributed by atoms with van der Waals surface area (Å²) in [7, 11) is 1.48. The van der Waals surface area contributed by atoms with Crippen LogP contribution in [-0.2, 0) is 0 Å². The fourth-order valence-electron chi connectivity index (χ4n) is 4.95. The number of carbonyl (C=O) groups is 1. The number of fused-ring (bicyclic) bond motifs is 2. The molecular weight excluding hydrogens is 377 g/mol. The van der Waals surface area contributed by atoms with Gasteiger partial charge in [-0.2, -0.15) is 0 Å². The van der Waals surface area contributed by atoms with Crippen molar-refractivity contribution in [3.63, 3.8) is 0 Å². The molecule has 2 saturated heterocycles. The van der Waals surface area contributed by atoms with Crippen molar-refractivity contribution in [2.45, 2.75) is 37.8 Å². The van der Waals surface area contributed by atoms with E-state index in [0.29, 0.717) is 35.5 Å². The minimum atomic E-state index is -1.30. The molecule has 29 heavy (non-hydrogen) atoms. The van der Waals surface area contributed by atoms with Gasteiger partial charge in [-0.15, -0.1) is 0 Å². The van der Waals surface area contributed by atoms with E-state index in [2.05, 4.69) is 5.32 Å². The Morgan fingerprint density at radius 1 is 1.31 bits per heavy atom. The van der Waals surface area contributed by atoms with Crippen molar-refractivity contribution in [1.82, 2.24) is 9.88 Å². The topological polar surface area (TPSA) is 83.8 Å². The molecule has 8 heteroatoms. The normalized spacial score (nSPS) is 24.0. The van der Waals surface area contributed by atoms with Gasteiger partial charge in [0, 0.05) is 31.4 Å². The molecule has 2 atom stereocenters. The monoisotopic (exact) mass is 401 g/mol. The van der Waals surface area contributed by atoms with Crippen molar-refractivity contribution in [3.8, 4) is 5.75 Å². The van der Waals surface area contributed by atoms with E-state index >= 15 is 4.39 Å². The second kappa shape index (κ2) is 6.73. The molecule has 3 heterocycles. The number of carboxylic acids is 1. The molecule has 2 N–H and O–H groups in total. The number of pyridine rings is 1. The lowest BCUT2D eigenvalue weighted by Crippen LogP contribution is -2.40. The zero-order chi connectivity index (χ0) is 20.3. The molecule has 0 radical (unpaired) electrons. The number of halogens is 1. The van der Waals surface area contributed by atoms with E-state index in [4.69, 9.17) is 4.74 Å². The average Bonchev–Trinajstić information content (AvgIpc) is 3.45. The smallest absolute Gasteiger partial charge is 0.341 e. The summed E-state index contributed by atoms with van der Waals surface area (Å²) in [5.41, 5.74) is -0.155. The third-order valence-electron chi connectivity index (χ3n) is 6.49. The summed E-state index contributed by atoms with van der Waals surface area (Å²) >= 11 is 0. The van der Waals surface area contributed by atoms with Crippen molar-refractivity contribution < 1.29 is 19.0 Å². The molecule has 1 aromatic carbocycles. The molecule has 3 fully saturated rings. The highest BCUT2D eigenvalue weighted by Gasteiger charge is 2.38. The fraction of sp³-hybridized carbons (Fsp3) is 0.524. The van der Waals surface area contributed by atoms with Crippen molar-refractivity contribution in [3.05, 3.63) is 33.9 Å². The van der Waals surface area contributed by atoms with Crippen LogP contribution < -0.4 is 20.4 Å². The van der Waals surface area contributed by atoms with Crippen LogP contribution in [0.15, 0.2) is 17.1 Å². The van der Waals surface area contributed by atoms with Crippen LogP contribution in [-0.4, -0.2) is 48.4 Å². The number of hydrogen-bond donors (Lipinski definition) is 2. The molecule has 1 unspecified atom stereocenters. The van der Waals surface area contributed by atoms with Gasteiger partial charge in [0.15, 0.2) is 11.6 Å². The maximum atomic E-state index is 15.3. The number of rotatable bonds is 4. The van der Waals surface area contributed by atoms with Gasteiger partial charge in [-0.1, -0.05) is 0 Å². The summed E-state index contributed by atoms with van der Waals surface area (Å²) < 4.78 is 22.8. The zero-order valence-corrected chi connectivity index (χ0v) is 16.3. The molecule has 0 spiro atoms. The summed E-state index contributed by atoms with van der Waals surface area (Å²) in [5.74, 6) is -1.07. The van der Waals surface area contributed by atoms with Crippen LogP contribution in [0.2, 0.25) is 0 Å². The summed E-state index contributed by atoms with van der Waals surface area (Å²) in [4.78, 5) is 26.4. The first kappa shape index (κ1) is 18.4. The van der Waals surface area contributed by atoms with Crippen LogP contribution in [0.1, 0.15) is 42.1 Å². The first-order valence-electron chi connectivity index (χ1n) is 10.2. The number of aromatic carboxylic acids is 1. The van der Waals surface area contributed by atoms with Crippen molar-refractivity contribution in [1.29, 1.82) is 0 Å². The van der Waals surface area contributed by atoms with E-state index in [1.165, 1.54) is 19.4 Å². The highest BCUT2D eigenvalue weighted by atomic mass is 19.1. The second-order valence-electron chi connectivity index (χ2n) is 8.32. The molecule has 2 aromatic rings. The minimum Gasteiger partial charge on any atom is -0.492 e. The number of benzene rings is 1. The van der Waals surface area contributed by atoms with E-state index in [1.54, 1.807) is 4.57 Å². The molecule has 5 rings (SSSR count). The SMILES string of the molecule is COc1c(N2CC3NCCC[C@H]3C2)c(F)cc2c(=O)c(C(=O)O)cn(C3CC3)c12. The molecule has 1 saturated carbocycles. The van der Waals surface area contributed by atoms with Crippen LogP contribution in [0.4, 0.5) is 10.1 Å². The van der Waals surface area contributed by atoms with Crippen molar-refractivity contribution in [2.75, 3.05) is 31.6 Å². The Labute approximate surface area is 167 Å². The zero-order valence-electron chi connectivity index (χ0n) is 16.3. The molecule has 1 aromatic heterocycles. The summed E-state index contributed by atoms with van der Waals surface area (Å²) in [5, 5.41) is 13.0. The number of carboxylic acid groups (broad SMARTS) is 1. The maximum Gasteiger partial charge on any atom is 0.341 e. The first-order valence-corrected chi connectivity index (χ1v) is 10.2. The van der Waals surface area contributed by atoms with Gasteiger partial charge >= 0.3 is 5.97 Å². The van der Waals surface area contributed by atoms with Crippen molar-refractivity contribution >= 4 is 22.6 Å². The molecule has 0 bridgehead atoms. The number of nitrogens with one attached hydrogen (secondary N) is 1. The first-order chi connectivity index (χ1) is 14.0. The predicted octanol–water partition coefficient (Wildman–Crippen LogP) is 2.37. The predicted molar refractivity (Wildman–Crippen MR) is 107 cm³/mol. The number of aromatic nitrogens is 1. The number of piperidine rings is 1. The largest absolute Gasteiger partial charge is 0.492 e. The van der Waals surface area contributed by atoms with Gasteiger partial charge in [-0.05, 0) is 44.2 Å². The molecular formula is C21H24FN3O4. The van der Waals surface area contributed by atoms with Gasteiger partial charge in [0.25, 0.3) is 0 Å².